The molecule has 2 heterocycles. The van der Waals surface area contributed by atoms with Crippen LogP contribution in [0.3, 0.4) is 0 Å². The second-order valence-corrected chi connectivity index (χ2v) is 7.77. The van der Waals surface area contributed by atoms with Crippen LogP contribution >= 0.6 is 11.6 Å². The van der Waals surface area contributed by atoms with Crippen LogP contribution in [0.25, 0.3) is 0 Å². The summed E-state index contributed by atoms with van der Waals surface area (Å²) in [6.07, 6.45) is 4.87. The summed E-state index contributed by atoms with van der Waals surface area (Å²) in [6.45, 7) is 2.76. The van der Waals surface area contributed by atoms with Gasteiger partial charge in [0.1, 0.15) is 4.90 Å². The number of benzene rings is 1. The molecule has 0 N–H and O–H groups in total. The quantitative estimate of drug-likeness (QED) is 0.859. The van der Waals surface area contributed by atoms with E-state index in [1.165, 1.54) is 4.31 Å². The number of sulfonamides is 1. The molecule has 3 rings (SSSR count). The van der Waals surface area contributed by atoms with Gasteiger partial charge in [-0.1, -0.05) is 22.9 Å². The van der Waals surface area contributed by atoms with Crippen molar-refractivity contribution in [3.05, 3.63) is 41.2 Å². The normalized spacial score (nSPS) is 17.7. The molecule has 1 aromatic carbocycles. The van der Waals surface area contributed by atoms with E-state index < -0.39 is 10.0 Å². The second kappa shape index (κ2) is 5.98. The van der Waals surface area contributed by atoms with Crippen LogP contribution in [0, 0.1) is 6.92 Å². The largest absolute Gasteiger partial charge is 0.249 e. The predicted octanol–water partition coefficient (Wildman–Crippen LogP) is 2.27. The van der Waals surface area contributed by atoms with Crippen molar-refractivity contribution in [2.45, 2.75) is 30.7 Å². The van der Waals surface area contributed by atoms with Gasteiger partial charge in [0, 0.05) is 19.3 Å². The maximum atomic E-state index is 12.8. The summed E-state index contributed by atoms with van der Waals surface area (Å²) in [4.78, 5) is 0.188. The lowest BCUT2D eigenvalue weighted by atomic mass is 10.1. The van der Waals surface area contributed by atoms with E-state index in [0.29, 0.717) is 25.9 Å². The van der Waals surface area contributed by atoms with Crippen LogP contribution in [-0.2, 0) is 10.0 Å². The molecule has 22 heavy (non-hydrogen) atoms. The molecule has 1 fully saturated rings. The molecule has 2 aromatic rings. The van der Waals surface area contributed by atoms with Crippen molar-refractivity contribution in [3.8, 4) is 0 Å². The molecule has 0 aliphatic carbocycles. The Bertz CT molecular complexity index is 753. The summed E-state index contributed by atoms with van der Waals surface area (Å²) < 4.78 is 28.8. The summed E-state index contributed by atoms with van der Waals surface area (Å²) in [7, 11) is -3.55. The minimum Gasteiger partial charge on any atom is -0.249 e. The van der Waals surface area contributed by atoms with Gasteiger partial charge in [-0.3, -0.25) is 0 Å². The average Bonchev–Trinajstić information content (AvgIpc) is 3.04. The molecule has 1 aliphatic rings. The van der Waals surface area contributed by atoms with E-state index in [2.05, 4.69) is 10.3 Å². The molecule has 1 aromatic heterocycles. The van der Waals surface area contributed by atoms with Crippen LogP contribution in [0.1, 0.15) is 24.4 Å². The first-order valence-corrected chi connectivity index (χ1v) is 8.92. The highest BCUT2D eigenvalue weighted by Gasteiger charge is 2.31. The van der Waals surface area contributed by atoms with E-state index in [4.69, 9.17) is 11.6 Å². The van der Waals surface area contributed by atoms with Gasteiger partial charge in [0.15, 0.2) is 0 Å². The Morgan fingerprint density at radius 2 is 2.00 bits per heavy atom. The van der Waals surface area contributed by atoms with Gasteiger partial charge in [-0.15, -0.1) is 5.10 Å². The van der Waals surface area contributed by atoms with Gasteiger partial charge in [0.25, 0.3) is 0 Å². The zero-order valence-corrected chi connectivity index (χ0v) is 13.8. The Labute approximate surface area is 134 Å². The minimum atomic E-state index is -3.55. The molecular formula is C14H17ClN4O2S. The number of hydrogen-bond acceptors (Lipinski definition) is 4. The molecule has 0 unspecified atom stereocenters. The van der Waals surface area contributed by atoms with Crippen molar-refractivity contribution in [2.24, 2.45) is 0 Å². The van der Waals surface area contributed by atoms with Gasteiger partial charge < -0.3 is 0 Å². The maximum Gasteiger partial charge on any atom is 0.244 e. The van der Waals surface area contributed by atoms with Crippen LogP contribution in [0.4, 0.5) is 0 Å². The van der Waals surface area contributed by atoms with Crippen LogP contribution in [0.15, 0.2) is 35.5 Å². The monoisotopic (exact) mass is 340 g/mol. The van der Waals surface area contributed by atoms with Gasteiger partial charge in [-0.05, 0) is 37.5 Å². The number of nitrogens with zero attached hydrogens (tertiary/aromatic N) is 4. The fourth-order valence-corrected chi connectivity index (χ4v) is 4.74. The van der Waals surface area contributed by atoms with Gasteiger partial charge in [0.05, 0.1) is 17.3 Å². The predicted molar refractivity (Wildman–Crippen MR) is 83.2 cm³/mol. The summed E-state index contributed by atoms with van der Waals surface area (Å²) >= 11 is 6.08. The molecule has 0 atom stereocenters. The third-order valence-electron chi connectivity index (χ3n) is 3.94. The number of aryl methyl sites for hydroxylation is 1. The highest BCUT2D eigenvalue weighted by atomic mass is 35.5. The summed E-state index contributed by atoms with van der Waals surface area (Å²) in [6, 6.07) is 5.26. The molecule has 118 valence electrons. The van der Waals surface area contributed by atoms with Crippen LogP contribution in [-0.4, -0.2) is 40.8 Å². The highest BCUT2D eigenvalue weighted by Crippen LogP contribution is 2.30. The number of halogens is 1. The van der Waals surface area contributed by atoms with Crippen LogP contribution in [0.5, 0.6) is 0 Å². The molecule has 0 saturated carbocycles. The lowest BCUT2D eigenvalue weighted by Gasteiger charge is -2.31. The maximum absolute atomic E-state index is 12.8. The number of hydrogen-bond donors (Lipinski definition) is 0. The van der Waals surface area contributed by atoms with Crippen molar-refractivity contribution < 1.29 is 8.42 Å². The lowest BCUT2D eigenvalue weighted by Crippen LogP contribution is -2.39. The third kappa shape index (κ3) is 2.88. The third-order valence-corrected chi connectivity index (χ3v) is 6.32. The van der Waals surface area contributed by atoms with Crippen molar-refractivity contribution in [3.63, 3.8) is 0 Å². The lowest BCUT2D eigenvalue weighted by molar-refractivity contribution is 0.258. The van der Waals surface area contributed by atoms with Crippen LogP contribution in [0.2, 0.25) is 5.02 Å². The average molecular weight is 341 g/mol. The van der Waals surface area contributed by atoms with Crippen molar-refractivity contribution >= 4 is 21.6 Å². The van der Waals surface area contributed by atoms with E-state index >= 15 is 0 Å². The molecule has 0 spiro atoms. The van der Waals surface area contributed by atoms with Gasteiger partial charge in [-0.25, -0.2) is 13.1 Å². The van der Waals surface area contributed by atoms with E-state index in [1.807, 2.05) is 13.1 Å². The van der Waals surface area contributed by atoms with Crippen molar-refractivity contribution in [2.75, 3.05) is 13.1 Å². The smallest absolute Gasteiger partial charge is 0.244 e. The topological polar surface area (TPSA) is 68.1 Å². The number of rotatable bonds is 3. The fraction of sp³-hybridized carbons (Fsp3) is 0.429. The second-order valence-electron chi connectivity index (χ2n) is 5.45. The summed E-state index contributed by atoms with van der Waals surface area (Å²) in [5, 5.41) is 8.05. The van der Waals surface area contributed by atoms with E-state index in [1.54, 1.807) is 29.1 Å². The van der Waals surface area contributed by atoms with E-state index in [9.17, 15) is 8.42 Å². The summed E-state index contributed by atoms with van der Waals surface area (Å²) in [5.41, 5.74) is 0.875. The Balaban J connectivity index is 1.79. The molecule has 1 aliphatic heterocycles. The molecule has 1 saturated heterocycles. The standard InChI is InChI=1S/C14H17ClN4O2S/c1-11-2-3-13(15)14(10-11)22(20,21)18-7-4-12(5-8-18)19-9-6-16-17-19/h2-3,6,9-10,12H,4-5,7-8H2,1H3. The van der Waals surface area contributed by atoms with Gasteiger partial charge >= 0.3 is 0 Å². The zero-order valence-electron chi connectivity index (χ0n) is 12.2. The first kappa shape index (κ1) is 15.5. The van der Waals surface area contributed by atoms with Gasteiger partial charge in [-0.2, -0.15) is 4.31 Å². The molecular weight excluding hydrogens is 324 g/mol. The van der Waals surface area contributed by atoms with Gasteiger partial charge in [0.2, 0.25) is 10.0 Å². The first-order chi connectivity index (χ1) is 10.5. The van der Waals surface area contributed by atoms with Crippen molar-refractivity contribution in [1.29, 1.82) is 0 Å². The zero-order chi connectivity index (χ0) is 15.7. The minimum absolute atomic E-state index is 0.188. The Morgan fingerprint density at radius 3 is 2.64 bits per heavy atom. The fourth-order valence-electron chi connectivity index (χ4n) is 2.71. The SMILES string of the molecule is Cc1ccc(Cl)c(S(=O)(=O)N2CCC(n3ccnn3)CC2)c1. The number of piperidine rings is 1. The first-order valence-electron chi connectivity index (χ1n) is 7.10. The van der Waals surface area contributed by atoms with E-state index in [-0.39, 0.29) is 16.0 Å². The molecule has 6 nitrogen and oxygen atoms in total. The summed E-state index contributed by atoms with van der Waals surface area (Å²) in [5.74, 6) is 0. The number of aromatic nitrogens is 3. The molecule has 0 bridgehead atoms. The Hall–Kier alpha value is -1.44. The molecule has 0 amide bonds. The van der Waals surface area contributed by atoms with E-state index in [0.717, 1.165) is 5.56 Å². The Morgan fingerprint density at radius 1 is 1.27 bits per heavy atom. The Kier molecular flexibility index (Phi) is 4.20. The highest BCUT2D eigenvalue weighted by molar-refractivity contribution is 7.89. The van der Waals surface area contributed by atoms with Crippen molar-refractivity contribution in [1.82, 2.24) is 19.3 Å². The molecule has 8 heteroatoms. The van der Waals surface area contributed by atoms with Crippen LogP contribution < -0.4 is 0 Å². The molecule has 0 radical (unpaired) electrons.